The Kier molecular flexibility index (Phi) is 5.94. The average Bonchev–Trinajstić information content (AvgIpc) is 2.43. The zero-order chi connectivity index (χ0) is 14.4. The number of ether oxygens (including phenoxy) is 1. The maximum absolute atomic E-state index is 11.3. The summed E-state index contributed by atoms with van der Waals surface area (Å²) in [5, 5.41) is 19.5. The highest BCUT2D eigenvalue weighted by molar-refractivity contribution is 8.13. The number of aromatic nitrogens is 1. The van der Waals surface area contributed by atoms with Crippen LogP contribution in [-0.4, -0.2) is 45.2 Å². The maximum atomic E-state index is 11.3. The highest BCUT2D eigenvalue weighted by Crippen LogP contribution is 2.19. The van der Waals surface area contributed by atoms with Crippen molar-refractivity contribution in [1.82, 2.24) is 4.98 Å². The van der Waals surface area contributed by atoms with E-state index in [0.29, 0.717) is 0 Å². The Morgan fingerprint density at radius 1 is 1.42 bits per heavy atom. The molecule has 0 aliphatic carbocycles. The lowest BCUT2D eigenvalue weighted by atomic mass is 10.1. The van der Waals surface area contributed by atoms with E-state index in [2.05, 4.69) is 9.72 Å². The number of pyridine rings is 1. The first-order chi connectivity index (χ1) is 8.95. The Morgan fingerprint density at radius 3 is 2.68 bits per heavy atom. The van der Waals surface area contributed by atoms with Crippen LogP contribution in [0.2, 0.25) is 0 Å². The molecule has 19 heavy (non-hydrogen) atoms. The summed E-state index contributed by atoms with van der Waals surface area (Å²) < 4.78 is 4.52. The summed E-state index contributed by atoms with van der Waals surface area (Å²) in [5.74, 6) is -0.567. The van der Waals surface area contributed by atoms with Gasteiger partial charge in [0.1, 0.15) is 11.8 Å². The molecule has 0 fully saturated rings. The van der Waals surface area contributed by atoms with Gasteiger partial charge in [-0.05, 0) is 12.1 Å². The van der Waals surface area contributed by atoms with E-state index in [9.17, 15) is 19.8 Å². The lowest BCUT2D eigenvalue weighted by Crippen LogP contribution is -2.23. The van der Waals surface area contributed by atoms with Gasteiger partial charge in [-0.3, -0.25) is 4.79 Å². The van der Waals surface area contributed by atoms with E-state index < -0.39 is 18.2 Å². The van der Waals surface area contributed by atoms with Gasteiger partial charge in [0.25, 0.3) is 0 Å². The molecular formula is C12H15NO5S. The largest absolute Gasteiger partial charge is 0.464 e. The standard InChI is InChI=1S/C12H15NO5S/c1-7(14)19-6-10(15)11(16)8-4-3-5-9(13-8)12(17)18-2/h3-5,10-11,15-16H,6H2,1-2H3. The molecule has 0 spiro atoms. The van der Waals surface area contributed by atoms with Gasteiger partial charge < -0.3 is 14.9 Å². The number of thioether (sulfide) groups is 1. The van der Waals surface area contributed by atoms with Crippen LogP contribution < -0.4 is 0 Å². The Morgan fingerprint density at radius 2 is 2.11 bits per heavy atom. The van der Waals surface area contributed by atoms with Gasteiger partial charge in [0.15, 0.2) is 5.12 Å². The van der Waals surface area contributed by atoms with Crippen LogP contribution in [0.3, 0.4) is 0 Å². The third kappa shape index (κ3) is 4.62. The van der Waals surface area contributed by atoms with Crippen molar-refractivity contribution >= 4 is 22.8 Å². The van der Waals surface area contributed by atoms with Crippen molar-refractivity contribution in [2.75, 3.05) is 12.9 Å². The van der Waals surface area contributed by atoms with E-state index in [1.807, 2.05) is 0 Å². The van der Waals surface area contributed by atoms with Crippen molar-refractivity contribution in [2.24, 2.45) is 0 Å². The Balaban J connectivity index is 2.78. The smallest absolute Gasteiger partial charge is 0.356 e. The average molecular weight is 285 g/mol. The van der Waals surface area contributed by atoms with Crippen molar-refractivity contribution < 1.29 is 24.5 Å². The first-order valence-corrected chi connectivity index (χ1v) is 6.49. The molecular weight excluding hydrogens is 270 g/mol. The third-order valence-electron chi connectivity index (χ3n) is 2.29. The Hall–Kier alpha value is -1.44. The van der Waals surface area contributed by atoms with Gasteiger partial charge >= 0.3 is 5.97 Å². The van der Waals surface area contributed by atoms with Crippen molar-refractivity contribution in [3.05, 3.63) is 29.6 Å². The van der Waals surface area contributed by atoms with Crippen LogP contribution in [-0.2, 0) is 9.53 Å². The van der Waals surface area contributed by atoms with Crippen molar-refractivity contribution in [3.8, 4) is 0 Å². The van der Waals surface area contributed by atoms with Crippen LogP contribution in [0.1, 0.15) is 29.2 Å². The quantitative estimate of drug-likeness (QED) is 0.762. The summed E-state index contributed by atoms with van der Waals surface area (Å²) in [6.07, 6.45) is -2.41. The van der Waals surface area contributed by atoms with E-state index in [1.165, 1.54) is 32.2 Å². The summed E-state index contributed by atoms with van der Waals surface area (Å²) in [5.41, 5.74) is 0.199. The number of hydrogen-bond acceptors (Lipinski definition) is 7. The van der Waals surface area contributed by atoms with E-state index in [4.69, 9.17) is 0 Å². The van der Waals surface area contributed by atoms with Gasteiger partial charge in [0.05, 0.1) is 18.9 Å². The van der Waals surface area contributed by atoms with Crippen molar-refractivity contribution in [2.45, 2.75) is 19.1 Å². The van der Waals surface area contributed by atoms with Crippen LogP contribution in [0.4, 0.5) is 0 Å². The lowest BCUT2D eigenvalue weighted by Gasteiger charge is -2.16. The second-order valence-corrected chi connectivity index (χ2v) is 4.95. The van der Waals surface area contributed by atoms with E-state index >= 15 is 0 Å². The van der Waals surface area contributed by atoms with Crippen molar-refractivity contribution in [1.29, 1.82) is 0 Å². The van der Waals surface area contributed by atoms with Crippen LogP contribution >= 0.6 is 11.8 Å². The molecule has 1 heterocycles. The minimum absolute atomic E-state index is 0.0467. The molecule has 1 aromatic heterocycles. The molecule has 7 heteroatoms. The van der Waals surface area contributed by atoms with Crippen LogP contribution in [0.25, 0.3) is 0 Å². The highest BCUT2D eigenvalue weighted by Gasteiger charge is 2.21. The number of rotatable bonds is 5. The monoisotopic (exact) mass is 285 g/mol. The van der Waals surface area contributed by atoms with Gasteiger partial charge in [-0.2, -0.15) is 0 Å². The highest BCUT2D eigenvalue weighted by atomic mass is 32.2. The van der Waals surface area contributed by atoms with Gasteiger partial charge in [-0.1, -0.05) is 17.8 Å². The minimum Gasteiger partial charge on any atom is -0.464 e. The third-order valence-corrected chi connectivity index (χ3v) is 3.20. The predicted octanol–water partition coefficient (Wildman–Crippen LogP) is 0.542. The predicted molar refractivity (Wildman–Crippen MR) is 69.7 cm³/mol. The molecule has 2 atom stereocenters. The van der Waals surface area contributed by atoms with Gasteiger partial charge in [-0.15, -0.1) is 0 Å². The molecule has 0 saturated heterocycles. The van der Waals surface area contributed by atoms with E-state index in [-0.39, 0.29) is 22.3 Å². The summed E-state index contributed by atoms with van der Waals surface area (Å²) in [7, 11) is 1.23. The zero-order valence-electron chi connectivity index (χ0n) is 10.6. The summed E-state index contributed by atoms with van der Waals surface area (Å²) in [6.45, 7) is 1.37. The van der Waals surface area contributed by atoms with Crippen molar-refractivity contribution in [3.63, 3.8) is 0 Å². The number of aliphatic hydroxyl groups is 2. The number of aliphatic hydroxyl groups excluding tert-OH is 2. The minimum atomic E-state index is -1.27. The van der Waals surface area contributed by atoms with Gasteiger partial charge in [0.2, 0.25) is 0 Å². The second kappa shape index (κ2) is 7.22. The normalized spacial score (nSPS) is 13.7. The Labute approximate surface area is 114 Å². The number of esters is 1. The SMILES string of the molecule is COC(=O)c1cccc(C(O)C(O)CSC(C)=O)n1. The van der Waals surface area contributed by atoms with E-state index in [0.717, 1.165) is 11.8 Å². The summed E-state index contributed by atoms with van der Waals surface area (Å²) in [6, 6.07) is 4.46. The number of hydrogen-bond donors (Lipinski definition) is 2. The topological polar surface area (TPSA) is 96.7 Å². The number of methoxy groups -OCH3 is 1. The lowest BCUT2D eigenvalue weighted by molar-refractivity contribution is -0.109. The molecule has 0 bridgehead atoms. The number of carbonyl (C=O) groups excluding carboxylic acids is 2. The molecule has 0 aromatic carbocycles. The number of nitrogens with zero attached hydrogens (tertiary/aromatic N) is 1. The van der Waals surface area contributed by atoms with Crippen LogP contribution in [0.15, 0.2) is 18.2 Å². The summed E-state index contributed by atoms with van der Waals surface area (Å²) in [4.78, 5) is 26.0. The maximum Gasteiger partial charge on any atom is 0.356 e. The Bertz CT molecular complexity index is 465. The molecule has 0 aliphatic heterocycles. The second-order valence-electron chi connectivity index (χ2n) is 3.75. The molecule has 104 valence electrons. The summed E-state index contributed by atoms with van der Waals surface area (Å²) >= 11 is 0.909. The molecule has 1 aromatic rings. The molecule has 0 aliphatic rings. The molecule has 2 N–H and O–H groups in total. The zero-order valence-corrected chi connectivity index (χ0v) is 11.4. The van der Waals surface area contributed by atoms with Gasteiger partial charge in [-0.25, -0.2) is 9.78 Å². The molecule has 0 amide bonds. The first kappa shape index (κ1) is 15.6. The fourth-order valence-electron chi connectivity index (χ4n) is 1.33. The fraction of sp³-hybridized carbons (Fsp3) is 0.417. The molecule has 1 rings (SSSR count). The molecule has 0 radical (unpaired) electrons. The van der Waals surface area contributed by atoms with Crippen LogP contribution in [0.5, 0.6) is 0 Å². The fourth-order valence-corrected chi connectivity index (χ4v) is 1.91. The molecule has 6 nitrogen and oxygen atoms in total. The van der Waals surface area contributed by atoms with E-state index in [1.54, 1.807) is 0 Å². The first-order valence-electron chi connectivity index (χ1n) is 5.50. The molecule has 0 saturated carbocycles. The number of carbonyl (C=O) groups is 2. The van der Waals surface area contributed by atoms with Gasteiger partial charge in [0, 0.05) is 12.7 Å². The van der Waals surface area contributed by atoms with Crippen LogP contribution in [0, 0.1) is 0 Å². The molecule has 2 unspecified atom stereocenters.